The van der Waals surface area contributed by atoms with Crippen LogP contribution in [0.5, 0.6) is 0 Å². The van der Waals surface area contributed by atoms with Crippen molar-refractivity contribution in [2.75, 3.05) is 19.8 Å². The molecule has 0 aliphatic heterocycles. The number of rotatable bonds is 7. The van der Waals surface area contributed by atoms with Gasteiger partial charge in [-0.05, 0) is 37.5 Å². The predicted octanol–water partition coefficient (Wildman–Crippen LogP) is 2.41. The van der Waals surface area contributed by atoms with Gasteiger partial charge in [-0.15, -0.1) is 0 Å². The van der Waals surface area contributed by atoms with Crippen molar-refractivity contribution in [2.45, 2.75) is 26.7 Å². The molecule has 0 unspecified atom stereocenters. The SMILES string of the molecule is CCOCCCNC(=O)c1ccc(CC)cc1. The summed E-state index contributed by atoms with van der Waals surface area (Å²) in [5, 5.41) is 2.88. The number of hydrogen-bond acceptors (Lipinski definition) is 2. The van der Waals surface area contributed by atoms with Crippen molar-refractivity contribution < 1.29 is 9.53 Å². The Bertz CT molecular complexity index is 333. The van der Waals surface area contributed by atoms with E-state index < -0.39 is 0 Å². The highest BCUT2D eigenvalue weighted by Gasteiger charge is 2.03. The highest BCUT2D eigenvalue weighted by Crippen LogP contribution is 2.04. The maximum absolute atomic E-state index is 11.7. The van der Waals surface area contributed by atoms with Gasteiger partial charge in [0.15, 0.2) is 0 Å². The first-order valence-corrected chi connectivity index (χ1v) is 6.22. The van der Waals surface area contributed by atoms with Gasteiger partial charge in [-0.1, -0.05) is 19.1 Å². The zero-order chi connectivity index (χ0) is 12.5. The van der Waals surface area contributed by atoms with Gasteiger partial charge in [0.25, 0.3) is 5.91 Å². The molecule has 0 atom stereocenters. The van der Waals surface area contributed by atoms with Crippen LogP contribution in [0.25, 0.3) is 0 Å². The summed E-state index contributed by atoms with van der Waals surface area (Å²) < 4.78 is 5.20. The Balaban J connectivity index is 2.31. The predicted molar refractivity (Wildman–Crippen MR) is 69.3 cm³/mol. The topological polar surface area (TPSA) is 38.3 Å². The van der Waals surface area contributed by atoms with E-state index in [4.69, 9.17) is 4.74 Å². The molecule has 0 aliphatic carbocycles. The molecule has 0 aromatic heterocycles. The third kappa shape index (κ3) is 5.00. The molecule has 3 heteroatoms. The zero-order valence-corrected chi connectivity index (χ0v) is 10.7. The first-order valence-electron chi connectivity index (χ1n) is 6.22. The number of nitrogens with one attached hydrogen (secondary N) is 1. The van der Waals surface area contributed by atoms with Crippen molar-refractivity contribution in [1.82, 2.24) is 5.32 Å². The Morgan fingerprint density at radius 3 is 2.53 bits per heavy atom. The van der Waals surface area contributed by atoms with E-state index in [1.807, 2.05) is 31.2 Å². The third-order valence-electron chi connectivity index (χ3n) is 2.58. The van der Waals surface area contributed by atoms with Crippen LogP contribution in [0.4, 0.5) is 0 Å². The number of carbonyl (C=O) groups is 1. The molecule has 94 valence electrons. The summed E-state index contributed by atoms with van der Waals surface area (Å²) in [5.41, 5.74) is 1.97. The standard InChI is InChI=1S/C14H21NO2/c1-3-12-6-8-13(9-7-12)14(16)15-10-5-11-17-4-2/h6-9H,3-5,10-11H2,1-2H3,(H,15,16). The molecule has 0 saturated carbocycles. The first-order chi connectivity index (χ1) is 8.27. The fraction of sp³-hybridized carbons (Fsp3) is 0.500. The van der Waals surface area contributed by atoms with Crippen LogP contribution < -0.4 is 5.32 Å². The van der Waals surface area contributed by atoms with E-state index >= 15 is 0 Å². The monoisotopic (exact) mass is 235 g/mol. The number of ether oxygens (including phenoxy) is 1. The van der Waals surface area contributed by atoms with E-state index in [1.165, 1.54) is 5.56 Å². The summed E-state index contributed by atoms with van der Waals surface area (Å²) in [7, 11) is 0. The lowest BCUT2D eigenvalue weighted by Gasteiger charge is -2.06. The van der Waals surface area contributed by atoms with Crippen LogP contribution in [0.2, 0.25) is 0 Å². The minimum Gasteiger partial charge on any atom is -0.382 e. The highest BCUT2D eigenvalue weighted by molar-refractivity contribution is 5.94. The number of benzene rings is 1. The van der Waals surface area contributed by atoms with E-state index in [0.29, 0.717) is 13.2 Å². The van der Waals surface area contributed by atoms with Crippen LogP contribution >= 0.6 is 0 Å². The summed E-state index contributed by atoms with van der Waals surface area (Å²) in [6.07, 6.45) is 1.85. The van der Waals surface area contributed by atoms with Crippen LogP contribution in [-0.4, -0.2) is 25.7 Å². The summed E-state index contributed by atoms with van der Waals surface area (Å²) in [6.45, 7) is 6.16. The first kappa shape index (κ1) is 13.7. The minimum absolute atomic E-state index is 0.0100. The summed E-state index contributed by atoms with van der Waals surface area (Å²) >= 11 is 0. The van der Waals surface area contributed by atoms with Crippen molar-refractivity contribution in [1.29, 1.82) is 0 Å². The van der Waals surface area contributed by atoms with Crippen molar-refractivity contribution in [3.8, 4) is 0 Å². The smallest absolute Gasteiger partial charge is 0.251 e. The van der Waals surface area contributed by atoms with Crippen LogP contribution in [0.15, 0.2) is 24.3 Å². The van der Waals surface area contributed by atoms with E-state index in [2.05, 4.69) is 12.2 Å². The van der Waals surface area contributed by atoms with E-state index in [9.17, 15) is 4.79 Å². The summed E-state index contributed by atoms with van der Waals surface area (Å²) in [5.74, 6) is -0.0100. The Hall–Kier alpha value is -1.35. The van der Waals surface area contributed by atoms with Gasteiger partial charge >= 0.3 is 0 Å². The van der Waals surface area contributed by atoms with Gasteiger partial charge in [-0.25, -0.2) is 0 Å². The van der Waals surface area contributed by atoms with Gasteiger partial charge < -0.3 is 10.1 Å². The van der Waals surface area contributed by atoms with E-state index in [1.54, 1.807) is 0 Å². The molecular formula is C14H21NO2. The average molecular weight is 235 g/mol. The van der Waals surface area contributed by atoms with Crippen molar-refractivity contribution in [2.24, 2.45) is 0 Å². The lowest BCUT2D eigenvalue weighted by atomic mass is 10.1. The second-order valence-corrected chi connectivity index (χ2v) is 3.86. The highest BCUT2D eigenvalue weighted by atomic mass is 16.5. The Kier molecular flexibility index (Phi) is 6.33. The molecule has 0 bridgehead atoms. The second-order valence-electron chi connectivity index (χ2n) is 3.86. The van der Waals surface area contributed by atoms with Gasteiger partial charge in [0, 0.05) is 25.3 Å². The largest absolute Gasteiger partial charge is 0.382 e. The molecule has 0 spiro atoms. The summed E-state index contributed by atoms with van der Waals surface area (Å²) in [4.78, 5) is 11.7. The molecule has 1 amide bonds. The zero-order valence-electron chi connectivity index (χ0n) is 10.7. The van der Waals surface area contributed by atoms with Crippen LogP contribution in [0.1, 0.15) is 36.2 Å². The molecule has 1 N–H and O–H groups in total. The van der Waals surface area contributed by atoms with Crippen molar-refractivity contribution >= 4 is 5.91 Å². The number of carbonyl (C=O) groups excluding carboxylic acids is 1. The van der Waals surface area contributed by atoms with Crippen LogP contribution in [0, 0.1) is 0 Å². The second kappa shape index (κ2) is 7.85. The fourth-order valence-corrected chi connectivity index (χ4v) is 1.51. The lowest BCUT2D eigenvalue weighted by molar-refractivity contribution is 0.0944. The van der Waals surface area contributed by atoms with E-state index in [-0.39, 0.29) is 5.91 Å². The summed E-state index contributed by atoms with van der Waals surface area (Å²) in [6, 6.07) is 7.73. The Labute approximate surface area is 103 Å². The van der Waals surface area contributed by atoms with Crippen LogP contribution in [0.3, 0.4) is 0 Å². The lowest BCUT2D eigenvalue weighted by Crippen LogP contribution is -2.25. The number of aryl methyl sites for hydroxylation is 1. The van der Waals surface area contributed by atoms with Gasteiger partial charge in [0.05, 0.1) is 0 Å². The molecule has 17 heavy (non-hydrogen) atoms. The average Bonchev–Trinajstić information content (AvgIpc) is 2.38. The molecule has 0 aliphatic rings. The van der Waals surface area contributed by atoms with Crippen molar-refractivity contribution in [3.05, 3.63) is 35.4 Å². The molecule has 0 saturated heterocycles. The molecule has 1 aromatic rings. The maximum Gasteiger partial charge on any atom is 0.251 e. The van der Waals surface area contributed by atoms with Gasteiger partial charge in [-0.3, -0.25) is 4.79 Å². The molecule has 0 heterocycles. The Morgan fingerprint density at radius 1 is 1.24 bits per heavy atom. The third-order valence-corrected chi connectivity index (χ3v) is 2.58. The fourth-order valence-electron chi connectivity index (χ4n) is 1.51. The van der Waals surface area contributed by atoms with Gasteiger partial charge in [-0.2, -0.15) is 0 Å². The number of amides is 1. The maximum atomic E-state index is 11.7. The molecule has 1 rings (SSSR count). The Morgan fingerprint density at radius 2 is 1.94 bits per heavy atom. The quantitative estimate of drug-likeness (QED) is 0.737. The molecular weight excluding hydrogens is 214 g/mol. The molecule has 1 aromatic carbocycles. The van der Waals surface area contributed by atoms with Gasteiger partial charge in [0.1, 0.15) is 0 Å². The van der Waals surface area contributed by atoms with E-state index in [0.717, 1.165) is 25.0 Å². The molecule has 3 nitrogen and oxygen atoms in total. The minimum atomic E-state index is -0.0100. The van der Waals surface area contributed by atoms with Crippen LogP contribution in [-0.2, 0) is 11.2 Å². The molecule has 0 radical (unpaired) electrons. The number of hydrogen-bond donors (Lipinski definition) is 1. The van der Waals surface area contributed by atoms with Crippen molar-refractivity contribution in [3.63, 3.8) is 0 Å². The normalized spacial score (nSPS) is 10.2. The molecule has 0 fully saturated rings. The van der Waals surface area contributed by atoms with Gasteiger partial charge in [0.2, 0.25) is 0 Å².